The summed E-state index contributed by atoms with van der Waals surface area (Å²) in [5.41, 5.74) is 0. The summed E-state index contributed by atoms with van der Waals surface area (Å²) < 4.78 is 62.6. The van der Waals surface area contributed by atoms with Crippen LogP contribution in [-0.2, 0) is 14.9 Å². The van der Waals surface area contributed by atoms with Crippen molar-refractivity contribution in [3.8, 4) is 5.75 Å². The van der Waals surface area contributed by atoms with Crippen molar-refractivity contribution < 1.29 is 31.3 Å². The maximum atomic E-state index is 13.0. The van der Waals surface area contributed by atoms with Crippen molar-refractivity contribution in [2.24, 2.45) is 0 Å². The van der Waals surface area contributed by atoms with E-state index in [9.17, 15) is 26.5 Å². The second-order valence-electron chi connectivity index (χ2n) is 3.06. The average molecular weight is 629 g/mol. The summed E-state index contributed by atoms with van der Waals surface area (Å²) in [5.74, 6) is -2.63. The Morgan fingerprint density at radius 1 is 1.21 bits per heavy atom. The van der Waals surface area contributed by atoms with E-state index in [-0.39, 0.29) is 5.75 Å². The quantitative estimate of drug-likeness (QED) is 0.223. The second-order valence-corrected chi connectivity index (χ2v) is 8.05. The average Bonchev–Trinajstić information content (AvgIpc) is 2.21. The van der Waals surface area contributed by atoms with E-state index in [0.717, 1.165) is 3.57 Å². The molecule has 0 saturated carbocycles. The summed E-state index contributed by atoms with van der Waals surface area (Å²) in [6.45, 7) is 0. The number of esters is 1. The molecule has 19 heavy (non-hydrogen) atoms. The molecule has 0 amide bonds. The number of carbonyl (C=O) groups excluding carboxylic acids is 1. The number of alkyl halides is 2. The largest absolute Gasteiger partial charge is 0.743 e. The highest BCUT2D eigenvalue weighted by atomic mass is 127. The number of rotatable bonds is 3. The van der Waals surface area contributed by atoms with Crippen LogP contribution in [0, 0.1) is 10.7 Å². The monoisotopic (exact) mass is 629 g/mol. The molecule has 0 N–H and O–H groups in total. The van der Waals surface area contributed by atoms with Gasteiger partial charge in [-0.2, -0.15) is 8.78 Å². The van der Waals surface area contributed by atoms with Crippen molar-refractivity contribution in [1.29, 1.82) is 0 Å². The first kappa shape index (κ1) is 17.7. The molecule has 0 aromatic heterocycles. The van der Waals surface area contributed by atoms with Crippen molar-refractivity contribution in [2.45, 2.75) is 5.25 Å². The molecule has 0 aliphatic carbocycles. The third-order valence-corrected chi connectivity index (χ3v) is 4.73. The van der Waals surface area contributed by atoms with Crippen LogP contribution in [0.2, 0.25) is 0 Å². The van der Waals surface area contributed by atoms with Crippen LogP contribution in [-0.4, -0.2) is 24.2 Å². The fourth-order valence-corrected chi connectivity index (χ4v) is 4.93. The van der Waals surface area contributed by atoms with Gasteiger partial charge in [-0.05, 0) is 79.9 Å². The van der Waals surface area contributed by atoms with Gasteiger partial charge >= 0.3 is 11.2 Å². The lowest BCUT2D eigenvalue weighted by Gasteiger charge is -2.18. The zero-order valence-electron chi connectivity index (χ0n) is 8.49. The lowest BCUT2D eigenvalue weighted by molar-refractivity contribution is -0.151. The summed E-state index contributed by atoms with van der Waals surface area (Å²) in [7, 11) is -6.12. The molecular formula is C8H2F2I3O5S-. The first-order chi connectivity index (χ1) is 8.46. The number of hydrogen-bond donors (Lipinski definition) is 0. The Morgan fingerprint density at radius 2 is 1.63 bits per heavy atom. The van der Waals surface area contributed by atoms with E-state index in [1.165, 1.54) is 12.1 Å². The Kier molecular flexibility index (Phi) is 5.76. The molecule has 0 saturated heterocycles. The number of carbonyl (C=O) groups is 1. The molecule has 106 valence electrons. The smallest absolute Gasteiger partial charge is 0.429 e. The van der Waals surface area contributed by atoms with Crippen LogP contribution in [0.3, 0.4) is 0 Å². The Bertz CT molecular complexity index is 608. The van der Waals surface area contributed by atoms with Gasteiger partial charge in [0.25, 0.3) is 0 Å². The predicted molar refractivity (Wildman–Crippen MR) is 84.9 cm³/mol. The van der Waals surface area contributed by atoms with Crippen LogP contribution in [0.15, 0.2) is 12.1 Å². The molecule has 0 atom stereocenters. The number of ether oxygens (including phenoxy) is 1. The number of halogens is 5. The molecule has 0 fully saturated rings. The van der Waals surface area contributed by atoms with Gasteiger partial charge in [-0.1, -0.05) is 0 Å². The van der Waals surface area contributed by atoms with E-state index in [0.29, 0.717) is 7.14 Å². The number of hydrogen-bond acceptors (Lipinski definition) is 5. The molecule has 0 bridgehead atoms. The lowest BCUT2D eigenvalue weighted by atomic mass is 10.3. The molecule has 1 aromatic rings. The van der Waals surface area contributed by atoms with Crippen LogP contribution < -0.4 is 4.74 Å². The Labute approximate surface area is 147 Å². The van der Waals surface area contributed by atoms with E-state index in [4.69, 9.17) is 0 Å². The third-order valence-electron chi connectivity index (χ3n) is 1.71. The molecule has 5 nitrogen and oxygen atoms in total. The molecule has 0 heterocycles. The van der Waals surface area contributed by atoms with Crippen molar-refractivity contribution in [3.05, 3.63) is 22.8 Å². The van der Waals surface area contributed by atoms with E-state index < -0.39 is 21.3 Å². The topological polar surface area (TPSA) is 83.5 Å². The van der Waals surface area contributed by atoms with Crippen LogP contribution in [0.4, 0.5) is 8.78 Å². The molecule has 0 spiro atoms. The second kappa shape index (κ2) is 6.18. The van der Waals surface area contributed by atoms with Gasteiger partial charge in [0, 0.05) is 3.57 Å². The van der Waals surface area contributed by atoms with Crippen molar-refractivity contribution in [3.63, 3.8) is 0 Å². The highest BCUT2D eigenvalue weighted by Gasteiger charge is 2.49. The minimum Gasteiger partial charge on any atom is -0.743 e. The van der Waals surface area contributed by atoms with Gasteiger partial charge in [-0.25, -0.2) is 13.2 Å². The van der Waals surface area contributed by atoms with Gasteiger partial charge in [-0.3, -0.25) is 0 Å². The fraction of sp³-hybridized carbons (Fsp3) is 0.125. The summed E-state index contributed by atoms with van der Waals surface area (Å²) >= 11 is 5.44. The highest BCUT2D eigenvalue weighted by Crippen LogP contribution is 2.32. The predicted octanol–water partition coefficient (Wildman–Crippen LogP) is 2.54. The molecule has 0 radical (unpaired) electrons. The highest BCUT2D eigenvalue weighted by molar-refractivity contribution is 14.1. The van der Waals surface area contributed by atoms with Crippen LogP contribution >= 0.6 is 67.8 Å². The van der Waals surface area contributed by atoms with Crippen LogP contribution in [0.25, 0.3) is 0 Å². The molecule has 0 aliphatic rings. The van der Waals surface area contributed by atoms with Crippen molar-refractivity contribution in [2.75, 3.05) is 0 Å². The molecular weight excluding hydrogens is 627 g/mol. The molecule has 0 aliphatic heterocycles. The third kappa shape index (κ3) is 4.07. The summed E-state index contributed by atoms with van der Waals surface area (Å²) in [6.07, 6.45) is 0. The Hall–Kier alpha value is 0.650. The maximum Gasteiger partial charge on any atom is 0.429 e. The number of benzene rings is 1. The maximum absolute atomic E-state index is 13.0. The van der Waals surface area contributed by atoms with Gasteiger partial charge in [0.15, 0.2) is 15.9 Å². The first-order valence-electron chi connectivity index (χ1n) is 4.17. The molecule has 0 unspecified atom stereocenters. The van der Waals surface area contributed by atoms with Gasteiger partial charge in [0.1, 0.15) is 0 Å². The zero-order chi connectivity index (χ0) is 15.0. The first-order valence-corrected chi connectivity index (χ1v) is 8.81. The summed E-state index contributed by atoms with van der Waals surface area (Å²) in [6, 6.07) is 3.07. The lowest BCUT2D eigenvalue weighted by Crippen LogP contribution is -2.40. The van der Waals surface area contributed by atoms with Crippen molar-refractivity contribution >= 4 is 83.9 Å². The molecule has 1 rings (SSSR count). The van der Waals surface area contributed by atoms with E-state index in [2.05, 4.69) is 4.74 Å². The normalized spacial score (nSPS) is 12.3. The Balaban J connectivity index is 3.15. The van der Waals surface area contributed by atoms with Gasteiger partial charge in [0.05, 0.1) is 7.14 Å². The molecule has 1 aromatic carbocycles. The van der Waals surface area contributed by atoms with Crippen molar-refractivity contribution in [1.82, 2.24) is 0 Å². The van der Waals surface area contributed by atoms with E-state index in [1.54, 1.807) is 45.2 Å². The minimum atomic E-state index is -6.12. The Morgan fingerprint density at radius 3 is 2.00 bits per heavy atom. The van der Waals surface area contributed by atoms with Crippen LogP contribution in [0.5, 0.6) is 5.75 Å². The minimum absolute atomic E-state index is 0.213. The SMILES string of the molecule is O=C(Oc1c(I)cc(I)cc1I)C(F)(F)S(=O)(=O)[O-]. The van der Waals surface area contributed by atoms with Crippen LogP contribution in [0.1, 0.15) is 0 Å². The standard InChI is InChI=1S/C8H3F2I3O5S/c9-8(10,19(15,16)17)7(14)18-6-4(12)1-3(11)2-5(6)13/h1-2H,(H,15,16,17)/p-1. The van der Waals surface area contributed by atoms with E-state index >= 15 is 0 Å². The van der Waals surface area contributed by atoms with E-state index in [1.807, 2.05) is 22.6 Å². The summed E-state index contributed by atoms with van der Waals surface area (Å²) in [5, 5.41) is -5.12. The molecule has 11 heteroatoms. The zero-order valence-corrected chi connectivity index (χ0v) is 15.8. The fourth-order valence-electron chi connectivity index (χ4n) is 0.881. The van der Waals surface area contributed by atoms with Gasteiger partial charge in [-0.15, -0.1) is 0 Å². The van der Waals surface area contributed by atoms with Gasteiger partial charge in [0.2, 0.25) is 0 Å². The van der Waals surface area contributed by atoms with Gasteiger partial charge < -0.3 is 9.29 Å². The summed E-state index contributed by atoms with van der Waals surface area (Å²) in [4.78, 5) is 11.1.